The Balaban J connectivity index is 1.57. The average Bonchev–Trinajstić information content (AvgIpc) is 2.78. The Morgan fingerprint density at radius 3 is 2.58 bits per heavy atom. The number of aromatic nitrogens is 2. The van der Waals surface area contributed by atoms with E-state index in [0.717, 1.165) is 24.1 Å². The first-order valence-electron chi connectivity index (χ1n) is 10.2. The van der Waals surface area contributed by atoms with Gasteiger partial charge in [0.2, 0.25) is 0 Å². The predicted octanol–water partition coefficient (Wildman–Crippen LogP) is 4.77. The highest BCUT2D eigenvalue weighted by Gasteiger charge is 2.37. The van der Waals surface area contributed by atoms with Crippen LogP contribution in [-0.2, 0) is 10.5 Å². The van der Waals surface area contributed by atoms with Crippen molar-refractivity contribution >= 4 is 23.4 Å². The van der Waals surface area contributed by atoms with E-state index in [4.69, 9.17) is 0 Å². The summed E-state index contributed by atoms with van der Waals surface area (Å²) in [5, 5.41) is 3.78. The molecular formula is C24H20FN3O2S. The number of carbonyl (C=O) groups excluding carboxylic acids is 1. The highest BCUT2D eigenvalue weighted by molar-refractivity contribution is 7.98. The molecule has 3 aromatic rings. The van der Waals surface area contributed by atoms with Crippen molar-refractivity contribution in [3.8, 4) is 0 Å². The number of Topliss-reactive ketones (excluding diaryl/α,β-unsaturated/α-hetero) is 1. The number of thioether (sulfide) groups is 1. The fourth-order valence-corrected chi connectivity index (χ4v) is 5.04. The van der Waals surface area contributed by atoms with E-state index in [1.807, 2.05) is 30.3 Å². The largest absolute Gasteiger partial charge is 0.343 e. The summed E-state index contributed by atoms with van der Waals surface area (Å²) < 4.78 is 13.5. The molecule has 1 atom stereocenters. The number of rotatable bonds is 4. The van der Waals surface area contributed by atoms with Crippen LogP contribution in [0.4, 0.5) is 10.2 Å². The lowest BCUT2D eigenvalue weighted by atomic mass is 9.76. The van der Waals surface area contributed by atoms with Gasteiger partial charge in [-0.3, -0.25) is 9.59 Å². The minimum atomic E-state index is -0.552. The third-order valence-corrected chi connectivity index (χ3v) is 6.60. The molecule has 1 aliphatic heterocycles. The van der Waals surface area contributed by atoms with Crippen LogP contribution in [0.3, 0.4) is 0 Å². The summed E-state index contributed by atoms with van der Waals surface area (Å²) in [5.41, 5.74) is 3.38. The van der Waals surface area contributed by atoms with Gasteiger partial charge in [-0.2, -0.15) is 0 Å². The molecule has 1 aliphatic carbocycles. The number of hydrogen-bond donors (Lipinski definition) is 2. The molecule has 7 heteroatoms. The second kappa shape index (κ2) is 8.15. The van der Waals surface area contributed by atoms with E-state index in [0.29, 0.717) is 39.8 Å². The molecule has 0 fully saturated rings. The van der Waals surface area contributed by atoms with Crippen LogP contribution in [0.5, 0.6) is 0 Å². The number of carbonyl (C=O) groups is 1. The number of fused-ring (bicyclic) bond motifs is 1. The van der Waals surface area contributed by atoms with E-state index >= 15 is 0 Å². The van der Waals surface area contributed by atoms with E-state index in [1.54, 1.807) is 12.1 Å². The standard InChI is InChI=1S/C24H20FN3O2S/c25-16-11-9-15(10-12-16)19-20-17(7-4-8-18(20)29)26-22-21(19)23(30)28-24(27-22)31-13-14-5-2-1-3-6-14/h1-3,5-6,9-12,19H,4,7-8,13H2,(H2,26,27,28,30). The van der Waals surface area contributed by atoms with Gasteiger partial charge in [-0.25, -0.2) is 9.37 Å². The van der Waals surface area contributed by atoms with Gasteiger partial charge in [-0.1, -0.05) is 54.2 Å². The number of nitrogens with zero attached hydrogens (tertiary/aromatic N) is 1. The van der Waals surface area contributed by atoms with Gasteiger partial charge in [0, 0.05) is 29.4 Å². The molecule has 156 valence electrons. The van der Waals surface area contributed by atoms with Crippen molar-refractivity contribution in [2.24, 2.45) is 0 Å². The maximum atomic E-state index is 13.5. The van der Waals surface area contributed by atoms with Crippen LogP contribution in [0, 0.1) is 5.82 Å². The summed E-state index contributed by atoms with van der Waals surface area (Å²) in [6.07, 6.45) is 1.93. The molecule has 31 heavy (non-hydrogen) atoms. The second-order valence-corrected chi connectivity index (χ2v) is 8.65. The normalized spacial score (nSPS) is 17.7. The Labute approximate surface area is 182 Å². The van der Waals surface area contributed by atoms with Gasteiger partial charge in [-0.05, 0) is 36.1 Å². The molecule has 1 unspecified atom stereocenters. The Bertz CT molecular complexity index is 1240. The first kappa shape index (κ1) is 19.8. The van der Waals surface area contributed by atoms with E-state index in [2.05, 4.69) is 15.3 Å². The molecule has 2 N–H and O–H groups in total. The van der Waals surface area contributed by atoms with Crippen molar-refractivity contribution in [1.29, 1.82) is 0 Å². The summed E-state index contributed by atoms with van der Waals surface area (Å²) in [6, 6.07) is 16.0. The first-order chi connectivity index (χ1) is 15.1. The molecule has 0 radical (unpaired) electrons. The van der Waals surface area contributed by atoms with E-state index in [9.17, 15) is 14.0 Å². The molecule has 0 spiro atoms. The molecule has 2 aromatic carbocycles. The number of ketones is 1. The smallest absolute Gasteiger partial charge is 0.257 e. The quantitative estimate of drug-likeness (QED) is 0.458. The maximum absolute atomic E-state index is 13.5. The number of halogens is 1. The number of allylic oxidation sites excluding steroid dienone is 2. The van der Waals surface area contributed by atoms with Crippen LogP contribution in [0.25, 0.3) is 0 Å². The third kappa shape index (κ3) is 3.81. The minimum Gasteiger partial charge on any atom is -0.343 e. The maximum Gasteiger partial charge on any atom is 0.257 e. The Kier molecular flexibility index (Phi) is 5.19. The lowest BCUT2D eigenvalue weighted by Gasteiger charge is -2.32. The minimum absolute atomic E-state index is 0.0238. The fraction of sp³-hybridized carbons (Fsp3) is 0.208. The van der Waals surface area contributed by atoms with Crippen molar-refractivity contribution in [2.75, 3.05) is 5.32 Å². The van der Waals surface area contributed by atoms with Crippen LogP contribution in [0.15, 0.2) is 75.8 Å². The van der Waals surface area contributed by atoms with Crippen molar-refractivity contribution < 1.29 is 9.18 Å². The molecule has 5 rings (SSSR count). The van der Waals surface area contributed by atoms with E-state index in [1.165, 1.54) is 23.9 Å². The van der Waals surface area contributed by atoms with Gasteiger partial charge < -0.3 is 10.3 Å². The second-order valence-electron chi connectivity index (χ2n) is 7.69. The zero-order chi connectivity index (χ0) is 21.4. The van der Waals surface area contributed by atoms with Gasteiger partial charge in [0.15, 0.2) is 10.9 Å². The van der Waals surface area contributed by atoms with Crippen molar-refractivity contribution in [3.63, 3.8) is 0 Å². The van der Waals surface area contributed by atoms with E-state index in [-0.39, 0.29) is 17.2 Å². The summed E-state index contributed by atoms with van der Waals surface area (Å²) in [6.45, 7) is 0. The van der Waals surface area contributed by atoms with E-state index < -0.39 is 5.92 Å². The molecule has 0 bridgehead atoms. The predicted molar refractivity (Wildman–Crippen MR) is 119 cm³/mol. The highest BCUT2D eigenvalue weighted by atomic mass is 32.2. The lowest BCUT2D eigenvalue weighted by Crippen LogP contribution is -2.32. The van der Waals surface area contributed by atoms with Crippen LogP contribution in [0.2, 0.25) is 0 Å². The molecule has 5 nitrogen and oxygen atoms in total. The highest BCUT2D eigenvalue weighted by Crippen LogP contribution is 2.43. The van der Waals surface area contributed by atoms with Crippen LogP contribution in [0.1, 0.15) is 41.9 Å². The molecule has 1 aromatic heterocycles. The third-order valence-electron chi connectivity index (χ3n) is 5.66. The van der Waals surface area contributed by atoms with Crippen LogP contribution >= 0.6 is 11.8 Å². The monoisotopic (exact) mass is 433 g/mol. The number of benzene rings is 2. The van der Waals surface area contributed by atoms with Crippen LogP contribution < -0.4 is 10.9 Å². The lowest BCUT2D eigenvalue weighted by molar-refractivity contribution is -0.116. The molecule has 0 saturated heterocycles. The number of H-pyrrole nitrogens is 1. The van der Waals surface area contributed by atoms with Crippen molar-refractivity contribution in [3.05, 3.63) is 98.7 Å². The molecule has 0 amide bonds. The SMILES string of the molecule is O=C1CCCC2=C1C(c1ccc(F)cc1)c1c(nc(SCc3ccccc3)[nH]c1=O)N2. The van der Waals surface area contributed by atoms with Crippen molar-refractivity contribution in [2.45, 2.75) is 36.1 Å². The van der Waals surface area contributed by atoms with Gasteiger partial charge in [0.25, 0.3) is 5.56 Å². The Morgan fingerprint density at radius 2 is 1.81 bits per heavy atom. The van der Waals surface area contributed by atoms with Gasteiger partial charge >= 0.3 is 0 Å². The molecule has 0 saturated carbocycles. The summed E-state index contributed by atoms with van der Waals surface area (Å²) in [5.74, 6) is 0.264. The topological polar surface area (TPSA) is 74.8 Å². The number of nitrogens with one attached hydrogen (secondary N) is 2. The summed E-state index contributed by atoms with van der Waals surface area (Å²) in [4.78, 5) is 33.5. The first-order valence-corrected chi connectivity index (χ1v) is 11.2. The van der Waals surface area contributed by atoms with Gasteiger partial charge in [-0.15, -0.1) is 0 Å². The molecule has 2 heterocycles. The number of anilines is 1. The zero-order valence-corrected chi connectivity index (χ0v) is 17.5. The Hall–Kier alpha value is -3.19. The summed E-state index contributed by atoms with van der Waals surface area (Å²) >= 11 is 1.45. The number of aromatic amines is 1. The summed E-state index contributed by atoms with van der Waals surface area (Å²) in [7, 11) is 0. The van der Waals surface area contributed by atoms with Crippen LogP contribution in [-0.4, -0.2) is 15.8 Å². The fourth-order valence-electron chi connectivity index (χ4n) is 4.22. The van der Waals surface area contributed by atoms with Gasteiger partial charge in [0.1, 0.15) is 11.6 Å². The number of hydrogen-bond acceptors (Lipinski definition) is 5. The molecular weight excluding hydrogens is 413 g/mol. The van der Waals surface area contributed by atoms with Gasteiger partial charge in [0.05, 0.1) is 5.56 Å². The average molecular weight is 434 g/mol. The molecule has 2 aliphatic rings. The zero-order valence-electron chi connectivity index (χ0n) is 16.7. The Morgan fingerprint density at radius 1 is 1.03 bits per heavy atom. The van der Waals surface area contributed by atoms with Crippen molar-refractivity contribution in [1.82, 2.24) is 9.97 Å².